The van der Waals surface area contributed by atoms with E-state index in [2.05, 4.69) is 24.1 Å². The summed E-state index contributed by atoms with van der Waals surface area (Å²) < 4.78 is 1.84. The summed E-state index contributed by atoms with van der Waals surface area (Å²) in [5.41, 5.74) is 3.57. The van der Waals surface area contributed by atoms with E-state index in [0.29, 0.717) is 29.6 Å². The van der Waals surface area contributed by atoms with Gasteiger partial charge in [-0.1, -0.05) is 31.0 Å². The van der Waals surface area contributed by atoms with Crippen LogP contribution in [0.1, 0.15) is 47.4 Å². The summed E-state index contributed by atoms with van der Waals surface area (Å²) in [7, 11) is 2.06. The molecule has 0 saturated heterocycles. The van der Waals surface area contributed by atoms with E-state index in [4.69, 9.17) is 4.98 Å². The number of carbonyl (C=O) groups excluding carboxylic acids is 1. The first-order valence-electron chi connectivity index (χ1n) is 11.2. The fourth-order valence-electron chi connectivity index (χ4n) is 4.78. The molecule has 5 rings (SSSR count). The van der Waals surface area contributed by atoms with Crippen LogP contribution < -0.4 is 10.5 Å². The monoisotopic (exact) mass is 416 g/mol. The SMILES string of the molecule is CN1CCN(C(=O)c2ccc3c(=O)n4c(nc3c2)CCCCCC4)Cc2ccccc21. The second-order valence-corrected chi connectivity index (χ2v) is 8.66. The third-order valence-electron chi connectivity index (χ3n) is 6.57. The minimum atomic E-state index is -0.0133. The molecular formula is C25H28N4O2. The van der Waals surface area contributed by atoms with Crippen LogP contribution in [-0.4, -0.2) is 40.5 Å². The van der Waals surface area contributed by atoms with Gasteiger partial charge in [0.2, 0.25) is 0 Å². The van der Waals surface area contributed by atoms with Crippen molar-refractivity contribution in [3.8, 4) is 0 Å². The lowest BCUT2D eigenvalue weighted by atomic mass is 10.1. The van der Waals surface area contributed by atoms with Crippen LogP contribution in [0.25, 0.3) is 10.9 Å². The molecule has 0 fully saturated rings. The topological polar surface area (TPSA) is 58.4 Å². The molecule has 6 heteroatoms. The van der Waals surface area contributed by atoms with Crippen molar-refractivity contribution in [1.29, 1.82) is 0 Å². The number of hydrogen-bond acceptors (Lipinski definition) is 4. The standard InChI is InChI=1S/C25H28N4O2/c1-27-14-15-28(17-19-8-5-6-9-22(19)27)24(30)18-11-12-20-21(16-18)26-23-10-4-2-3-7-13-29(23)25(20)31/h5-6,8-9,11-12,16H,2-4,7,10,13-15,17H2,1H3. The van der Waals surface area contributed by atoms with Gasteiger partial charge in [-0.05, 0) is 42.7 Å². The average Bonchev–Trinajstić information content (AvgIpc) is 2.93. The molecule has 1 amide bonds. The van der Waals surface area contributed by atoms with E-state index in [0.717, 1.165) is 50.2 Å². The van der Waals surface area contributed by atoms with Crippen molar-refractivity contribution >= 4 is 22.5 Å². The van der Waals surface area contributed by atoms with Crippen molar-refractivity contribution in [2.75, 3.05) is 25.0 Å². The van der Waals surface area contributed by atoms with Crippen molar-refractivity contribution in [2.24, 2.45) is 0 Å². The third kappa shape index (κ3) is 3.71. The molecule has 0 unspecified atom stereocenters. The number of rotatable bonds is 1. The van der Waals surface area contributed by atoms with Gasteiger partial charge in [0.15, 0.2) is 0 Å². The van der Waals surface area contributed by atoms with Gasteiger partial charge in [0.25, 0.3) is 11.5 Å². The number of aromatic nitrogens is 2. The van der Waals surface area contributed by atoms with E-state index in [9.17, 15) is 9.59 Å². The third-order valence-corrected chi connectivity index (χ3v) is 6.57. The molecule has 31 heavy (non-hydrogen) atoms. The van der Waals surface area contributed by atoms with Gasteiger partial charge >= 0.3 is 0 Å². The zero-order valence-electron chi connectivity index (χ0n) is 18.0. The van der Waals surface area contributed by atoms with Crippen LogP contribution in [0.3, 0.4) is 0 Å². The normalized spacial score (nSPS) is 16.8. The number of carbonyl (C=O) groups is 1. The summed E-state index contributed by atoms with van der Waals surface area (Å²) in [6.45, 7) is 2.75. The zero-order valence-corrected chi connectivity index (χ0v) is 18.0. The Labute approximate surface area is 182 Å². The quantitative estimate of drug-likeness (QED) is 0.608. The largest absolute Gasteiger partial charge is 0.373 e. The van der Waals surface area contributed by atoms with E-state index in [-0.39, 0.29) is 11.5 Å². The van der Waals surface area contributed by atoms with Gasteiger partial charge in [0, 0.05) is 50.9 Å². The first kappa shape index (κ1) is 19.8. The van der Waals surface area contributed by atoms with Crippen molar-refractivity contribution < 1.29 is 4.79 Å². The highest BCUT2D eigenvalue weighted by Gasteiger charge is 2.23. The van der Waals surface area contributed by atoms with Crippen LogP contribution in [0, 0.1) is 0 Å². The number of benzene rings is 2. The fourth-order valence-corrected chi connectivity index (χ4v) is 4.78. The lowest BCUT2D eigenvalue weighted by Gasteiger charge is -2.21. The number of para-hydroxylation sites is 1. The Balaban J connectivity index is 1.49. The van der Waals surface area contributed by atoms with E-state index in [1.165, 1.54) is 12.1 Å². The molecule has 0 atom stereocenters. The summed E-state index contributed by atoms with van der Waals surface area (Å²) in [5.74, 6) is 0.841. The molecule has 2 aliphatic heterocycles. The maximum Gasteiger partial charge on any atom is 0.261 e. The zero-order chi connectivity index (χ0) is 21.4. The highest BCUT2D eigenvalue weighted by molar-refractivity contribution is 5.97. The Morgan fingerprint density at radius 1 is 0.968 bits per heavy atom. The highest BCUT2D eigenvalue weighted by atomic mass is 16.2. The predicted molar refractivity (Wildman–Crippen MR) is 123 cm³/mol. The summed E-state index contributed by atoms with van der Waals surface area (Å²) in [4.78, 5) is 35.4. The molecule has 0 radical (unpaired) electrons. The van der Waals surface area contributed by atoms with Gasteiger partial charge < -0.3 is 9.80 Å². The Bertz CT molecular complexity index is 1200. The molecule has 3 heterocycles. The predicted octanol–water partition coefficient (Wildman–Crippen LogP) is 3.61. The van der Waals surface area contributed by atoms with Crippen molar-refractivity contribution in [1.82, 2.24) is 14.5 Å². The molecule has 3 aromatic rings. The van der Waals surface area contributed by atoms with E-state index < -0.39 is 0 Å². The maximum absolute atomic E-state index is 13.4. The molecule has 0 aliphatic carbocycles. The maximum atomic E-state index is 13.4. The average molecular weight is 417 g/mol. The van der Waals surface area contributed by atoms with Crippen LogP contribution in [0.4, 0.5) is 5.69 Å². The molecule has 2 aromatic carbocycles. The lowest BCUT2D eigenvalue weighted by molar-refractivity contribution is 0.0752. The number of fused-ring (bicyclic) bond motifs is 3. The fraction of sp³-hybridized carbons (Fsp3) is 0.400. The summed E-state index contributed by atoms with van der Waals surface area (Å²) >= 11 is 0. The Kier molecular flexibility index (Phi) is 5.22. The number of anilines is 1. The molecule has 0 N–H and O–H groups in total. The van der Waals surface area contributed by atoms with E-state index >= 15 is 0 Å². The summed E-state index contributed by atoms with van der Waals surface area (Å²) in [6, 6.07) is 13.6. The van der Waals surface area contributed by atoms with Crippen LogP contribution in [0.15, 0.2) is 47.3 Å². The molecule has 1 aromatic heterocycles. The second kappa shape index (κ2) is 8.17. The first-order valence-corrected chi connectivity index (χ1v) is 11.2. The number of likely N-dealkylation sites (N-methyl/N-ethyl adjacent to an activating group) is 1. The molecule has 6 nitrogen and oxygen atoms in total. The van der Waals surface area contributed by atoms with Crippen molar-refractivity contribution in [3.63, 3.8) is 0 Å². The van der Waals surface area contributed by atoms with Crippen LogP contribution >= 0.6 is 0 Å². The number of aryl methyl sites for hydroxylation is 1. The lowest BCUT2D eigenvalue weighted by Crippen LogP contribution is -2.34. The molecule has 160 valence electrons. The summed E-state index contributed by atoms with van der Waals surface area (Å²) in [5, 5.41) is 0.599. The van der Waals surface area contributed by atoms with E-state index in [1.54, 1.807) is 18.2 Å². The van der Waals surface area contributed by atoms with Crippen LogP contribution in [0.5, 0.6) is 0 Å². The van der Waals surface area contributed by atoms with Crippen LogP contribution in [-0.2, 0) is 19.5 Å². The summed E-state index contributed by atoms with van der Waals surface area (Å²) in [6.07, 6.45) is 5.22. The molecule has 0 bridgehead atoms. The Morgan fingerprint density at radius 2 is 1.81 bits per heavy atom. The minimum absolute atomic E-state index is 0.0133. The van der Waals surface area contributed by atoms with Gasteiger partial charge in [0.05, 0.1) is 10.9 Å². The molecule has 0 saturated carbocycles. The van der Waals surface area contributed by atoms with Gasteiger partial charge in [-0.25, -0.2) is 4.98 Å². The number of hydrogen-bond donors (Lipinski definition) is 0. The smallest absolute Gasteiger partial charge is 0.261 e. The van der Waals surface area contributed by atoms with Gasteiger partial charge in [0.1, 0.15) is 5.82 Å². The second-order valence-electron chi connectivity index (χ2n) is 8.66. The van der Waals surface area contributed by atoms with Crippen molar-refractivity contribution in [2.45, 2.75) is 45.2 Å². The molecule has 2 aliphatic rings. The minimum Gasteiger partial charge on any atom is -0.373 e. The first-order chi connectivity index (χ1) is 15.1. The van der Waals surface area contributed by atoms with Gasteiger partial charge in [-0.2, -0.15) is 0 Å². The molecule has 0 spiro atoms. The number of amides is 1. The van der Waals surface area contributed by atoms with Gasteiger partial charge in [-0.3, -0.25) is 14.2 Å². The number of nitrogens with zero attached hydrogens (tertiary/aromatic N) is 4. The van der Waals surface area contributed by atoms with E-state index in [1.807, 2.05) is 21.6 Å². The Morgan fingerprint density at radius 3 is 2.71 bits per heavy atom. The van der Waals surface area contributed by atoms with Gasteiger partial charge in [-0.15, -0.1) is 0 Å². The van der Waals surface area contributed by atoms with Crippen LogP contribution in [0.2, 0.25) is 0 Å². The van der Waals surface area contributed by atoms with Crippen molar-refractivity contribution in [3.05, 3.63) is 69.8 Å². The molecular weight excluding hydrogens is 388 g/mol. The highest BCUT2D eigenvalue weighted by Crippen LogP contribution is 2.25. The Hall–Kier alpha value is -3.15.